The average molecular weight is 441 g/mol. The highest BCUT2D eigenvalue weighted by atomic mass is 35.5. The van der Waals surface area contributed by atoms with Crippen LogP contribution in [0.15, 0.2) is 48.5 Å². The van der Waals surface area contributed by atoms with Crippen LogP contribution in [0.5, 0.6) is 0 Å². The van der Waals surface area contributed by atoms with Crippen LogP contribution in [0.25, 0.3) is 0 Å². The third-order valence-corrected chi connectivity index (χ3v) is 5.43. The van der Waals surface area contributed by atoms with Crippen molar-refractivity contribution in [2.24, 2.45) is 5.92 Å². The fourth-order valence-electron chi connectivity index (χ4n) is 3.50. The lowest BCUT2D eigenvalue weighted by molar-refractivity contribution is -0.287. The van der Waals surface area contributed by atoms with Crippen molar-refractivity contribution in [1.82, 2.24) is 10.6 Å². The van der Waals surface area contributed by atoms with Crippen LogP contribution in [0.1, 0.15) is 47.3 Å². The number of hydrogen-bond donors (Lipinski definition) is 3. The molecule has 9 heteroatoms. The highest BCUT2D eigenvalue weighted by Crippen LogP contribution is 2.44. The largest absolute Gasteiger partial charge is 0.437 e. The molecule has 3 rings (SSSR count). The highest BCUT2D eigenvalue weighted by molar-refractivity contribution is 6.30. The van der Waals surface area contributed by atoms with Crippen molar-refractivity contribution < 1.29 is 27.9 Å². The first-order chi connectivity index (χ1) is 13.9. The maximum absolute atomic E-state index is 13.9. The summed E-state index contributed by atoms with van der Waals surface area (Å²) < 4.78 is 41.6. The molecular weight excluding hydrogens is 421 g/mol. The summed E-state index contributed by atoms with van der Waals surface area (Å²) in [6, 6.07) is 9.16. The summed E-state index contributed by atoms with van der Waals surface area (Å²) in [5.74, 6) is -2.88. The minimum absolute atomic E-state index is 0.0752. The Hall–Kier alpha value is -2.58. The quantitative estimate of drug-likeness (QED) is 0.609. The zero-order valence-corrected chi connectivity index (χ0v) is 16.9. The first-order valence-electron chi connectivity index (χ1n) is 9.21. The molecular formula is C21H20ClF3N2O3. The Labute approximate surface area is 176 Å². The number of aliphatic hydroxyl groups is 1. The SMILES string of the molecule is CC(C)c1ccc([C@@H]2NC(=O)N[C@](O)(C(F)(F)F)[C@H]2C(=O)c2ccc(Cl)cc2)cc1. The molecule has 0 unspecified atom stereocenters. The van der Waals surface area contributed by atoms with Crippen LogP contribution in [-0.2, 0) is 0 Å². The second kappa shape index (κ2) is 7.92. The van der Waals surface area contributed by atoms with E-state index in [2.05, 4.69) is 5.32 Å². The number of rotatable bonds is 4. The molecule has 1 saturated heterocycles. The van der Waals surface area contributed by atoms with Crippen LogP contribution in [0.3, 0.4) is 0 Å². The predicted molar refractivity (Wildman–Crippen MR) is 105 cm³/mol. The van der Waals surface area contributed by atoms with E-state index in [-0.39, 0.29) is 17.0 Å². The van der Waals surface area contributed by atoms with Gasteiger partial charge < -0.3 is 15.7 Å². The van der Waals surface area contributed by atoms with Gasteiger partial charge in [0.05, 0.1) is 6.04 Å². The molecule has 0 aliphatic carbocycles. The van der Waals surface area contributed by atoms with Crippen LogP contribution in [0.2, 0.25) is 5.02 Å². The predicted octanol–water partition coefficient (Wildman–Crippen LogP) is 4.57. The van der Waals surface area contributed by atoms with Gasteiger partial charge in [-0.3, -0.25) is 4.79 Å². The van der Waals surface area contributed by atoms with Gasteiger partial charge in [-0.05, 0) is 41.3 Å². The van der Waals surface area contributed by atoms with E-state index < -0.39 is 35.7 Å². The van der Waals surface area contributed by atoms with Gasteiger partial charge in [-0.25, -0.2) is 4.79 Å². The van der Waals surface area contributed by atoms with Crippen LogP contribution >= 0.6 is 11.6 Å². The Kier molecular flexibility index (Phi) is 5.84. The lowest BCUT2D eigenvalue weighted by Crippen LogP contribution is -2.72. The molecule has 0 radical (unpaired) electrons. The van der Waals surface area contributed by atoms with Gasteiger partial charge in [-0.2, -0.15) is 13.2 Å². The number of nitrogens with one attached hydrogen (secondary N) is 2. The zero-order valence-electron chi connectivity index (χ0n) is 16.1. The smallest absolute Gasteiger partial charge is 0.363 e. The van der Waals surface area contributed by atoms with Gasteiger partial charge in [0.2, 0.25) is 5.72 Å². The number of urea groups is 1. The number of carbonyl (C=O) groups excluding carboxylic acids is 2. The van der Waals surface area contributed by atoms with Crippen molar-refractivity contribution in [2.45, 2.75) is 37.7 Å². The number of benzene rings is 2. The first kappa shape index (κ1) is 22.1. The van der Waals surface area contributed by atoms with E-state index >= 15 is 0 Å². The van der Waals surface area contributed by atoms with Gasteiger partial charge in [-0.15, -0.1) is 0 Å². The average Bonchev–Trinajstić information content (AvgIpc) is 2.66. The van der Waals surface area contributed by atoms with E-state index in [0.717, 1.165) is 5.56 Å². The van der Waals surface area contributed by atoms with Gasteiger partial charge in [0.25, 0.3) is 0 Å². The van der Waals surface area contributed by atoms with Crippen LogP contribution < -0.4 is 10.6 Å². The van der Waals surface area contributed by atoms with Gasteiger partial charge in [-0.1, -0.05) is 49.7 Å². The maximum Gasteiger partial charge on any atom is 0.437 e. The number of halogens is 4. The summed E-state index contributed by atoms with van der Waals surface area (Å²) in [4.78, 5) is 25.2. The molecule has 0 aromatic heterocycles. The monoisotopic (exact) mass is 440 g/mol. The number of hydrogen-bond acceptors (Lipinski definition) is 3. The van der Waals surface area contributed by atoms with Crippen LogP contribution in [0.4, 0.5) is 18.0 Å². The fourth-order valence-corrected chi connectivity index (χ4v) is 3.62. The summed E-state index contributed by atoms with van der Waals surface area (Å²) in [7, 11) is 0. The Bertz CT molecular complexity index is 945. The minimum atomic E-state index is -5.30. The van der Waals surface area contributed by atoms with Crippen LogP contribution in [-0.4, -0.2) is 28.8 Å². The normalized spacial score (nSPS) is 24.3. The molecule has 1 heterocycles. The van der Waals surface area contributed by atoms with E-state index in [0.29, 0.717) is 5.02 Å². The van der Waals surface area contributed by atoms with Crippen molar-refractivity contribution in [2.75, 3.05) is 0 Å². The molecule has 0 spiro atoms. The molecule has 30 heavy (non-hydrogen) atoms. The van der Waals surface area contributed by atoms with Crippen LogP contribution in [0, 0.1) is 5.92 Å². The first-order valence-corrected chi connectivity index (χ1v) is 9.59. The lowest BCUT2D eigenvalue weighted by atomic mass is 9.77. The summed E-state index contributed by atoms with van der Waals surface area (Å²) in [6.45, 7) is 3.91. The van der Waals surface area contributed by atoms with E-state index in [4.69, 9.17) is 11.6 Å². The number of alkyl halides is 3. The summed E-state index contributed by atoms with van der Waals surface area (Å²) in [5, 5.41) is 14.7. The van der Waals surface area contributed by atoms with Gasteiger partial charge in [0.1, 0.15) is 5.92 Å². The Morgan fingerprint density at radius 3 is 2.17 bits per heavy atom. The number of ketones is 1. The lowest BCUT2D eigenvalue weighted by Gasteiger charge is -2.45. The molecule has 5 nitrogen and oxygen atoms in total. The highest BCUT2D eigenvalue weighted by Gasteiger charge is 2.66. The third kappa shape index (κ3) is 4.02. The summed E-state index contributed by atoms with van der Waals surface area (Å²) >= 11 is 5.80. The number of amides is 2. The van der Waals surface area contributed by atoms with E-state index in [1.54, 1.807) is 24.3 Å². The molecule has 1 aliphatic rings. The Morgan fingerprint density at radius 1 is 1.10 bits per heavy atom. The molecule has 1 aliphatic heterocycles. The van der Waals surface area contributed by atoms with E-state index in [9.17, 15) is 27.9 Å². The standard InChI is InChI=1S/C21H20ClF3N2O3/c1-11(2)12-3-5-13(6-4-12)17-16(18(28)14-7-9-15(22)10-8-14)20(30,21(23,24)25)27-19(29)26-17/h3-11,16-17,30H,1-2H3,(H2,26,27,29)/t16-,17+,20-/m1/s1. The maximum atomic E-state index is 13.9. The zero-order chi connectivity index (χ0) is 22.3. The van der Waals surface area contributed by atoms with Gasteiger partial charge in [0, 0.05) is 10.6 Å². The third-order valence-electron chi connectivity index (χ3n) is 5.18. The molecule has 160 valence electrons. The molecule has 2 aromatic rings. The van der Waals surface area contributed by atoms with Crippen molar-refractivity contribution in [3.63, 3.8) is 0 Å². The Morgan fingerprint density at radius 2 is 1.67 bits per heavy atom. The van der Waals surface area contributed by atoms with Crippen molar-refractivity contribution >= 4 is 23.4 Å². The molecule has 3 atom stereocenters. The minimum Gasteiger partial charge on any atom is -0.363 e. The molecule has 2 aromatic carbocycles. The van der Waals surface area contributed by atoms with E-state index in [1.807, 2.05) is 13.8 Å². The molecule has 1 fully saturated rings. The number of Topliss-reactive ketones (excluding diaryl/α,β-unsaturated/α-hetero) is 1. The topological polar surface area (TPSA) is 78.4 Å². The summed E-state index contributed by atoms with van der Waals surface area (Å²) in [5.41, 5.74) is -2.63. The number of carbonyl (C=O) groups is 2. The Balaban J connectivity index is 2.13. The van der Waals surface area contributed by atoms with Crippen molar-refractivity contribution in [1.29, 1.82) is 0 Å². The molecule has 0 bridgehead atoms. The van der Waals surface area contributed by atoms with Gasteiger partial charge >= 0.3 is 12.2 Å². The second-order valence-corrected chi connectivity index (χ2v) is 7.95. The van der Waals surface area contributed by atoms with Crippen molar-refractivity contribution in [3.8, 4) is 0 Å². The van der Waals surface area contributed by atoms with Crippen molar-refractivity contribution in [3.05, 3.63) is 70.2 Å². The summed E-state index contributed by atoms with van der Waals surface area (Å²) in [6.07, 6.45) is -5.30. The second-order valence-electron chi connectivity index (χ2n) is 7.51. The molecule has 2 amide bonds. The molecule has 3 N–H and O–H groups in total. The van der Waals surface area contributed by atoms with Gasteiger partial charge in [0.15, 0.2) is 5.78 Å². The molecule has 0 saturated carbocycles. The fraction of sp³-hybridized carbons (Fsp3) is 0.333. The van der Waals surface area contributed by atoms with E-state index in [1.165, 1.54) is 29.6 Å².